The minimum atomic E-state index is -4.37. The summed E-state index contributed by atoms with van der Waals surface area (Å²) in [5, 5.41) is 21.9. The number of rotatable bonds is 9. The number of nitrogens with zero attached hydrogens (tertiary/aromatic N) is 2. The van der Waals surface area contributed by atoms with Crippen LogP contribution in [-0.4, -0.2) is 44.0 Å². The first kappa shape index (κ1) is 29.5. The van der Waals surface area contributed by atoms with Crippen LogP contribution in [0.25, 0.3) is 11.1 Å². The molecule has 3 atom stereocenters. The standard InChI is InChI=1S/C32H32FN2O6P/c1-34-28(8-5-9-29(36)22-10-15-24(33)16-11-22)31(35(32(34)38)25-6-3-2-4-7-25)27-19-14-23(20-30(27)37)21-12-17-26(18-13-21)42(39,40)41/h2-4,6-7,10-20,28-29,31,36-37H,5,8-9H2,1H3,(H2,39,40,41)/t28-,29-,31-/m1/s1. The molecule has 1 aliphatic heterocycles. The molecule has 4 aromatic carbocycles. The van der Waals surface area contributed by atoms with E-state index in [9.17, 15) is 33.7 Å². The third-order valence-electron chi connectivity index (χ3n) is 7.80. The zero-order chi connectivity index (χ0) is 30.0. The maximum atomic E-state index is 13.6. The Hall–Kier alpha value is -4.01. The Kier molecular flexibility index (Phi) is 8.48. The minimum Gasteiger partial charge on any atom is -0.508 e. The number of benzene rings is 4. The lowest BCUT2D eigenvalue weighted by Crippen LogP contribution is -2.31. The summed E-state index contributed by atoms with van der Waals surface area (Å²) >= 11 is 0. The largest absolute Gasteiger partial charge is 0.508 e. The molecule has 0 radical (unpaired) electrons. The van der Waals surface area contributed by atoms with Gasteiger partial charge in [-0.05, 0) is 78.4 Å². The van der Waals surface area contributed by atoms with Gasteiger partial charge in [-0.25, -0.2) is 9.18 Å². The molecule has 0 aromatic heterocycles. The normalized spacial score (nSPS) is 18.0. The summed E-state index contributed by atoms with van der Waals surface area (Å²) in [5.41, 5.74) is 3.18. The molecular formula is C32H32FN2O6P. The zero-order valence-corrected chi connectivity index (χ0v) is 23.8. The monoisotopic (exact) mass is 590 g/mol. The van der Waals surface area contributed by atoms with Gasteiger partial charge in [-0.15, -0.1) is 0 Å². The van der Waals surface area contributed by atoms with Crippen LogP contribution in [0.1, 0.15) is 42.5 Å². The van der Waals surface area contributed by atoms with Gasteiger partial charge in [-0.1, -0.05) is 54.6 Å². The number of phenolic OH excluding ortho intramolecular Hbond substituents is 1. The molecule has 4 aromatic rings. The average molecular weight is 591 g/mol. The van der Waals surface area contributed by atoms with E-state index >= 15 is 0 Å². The van der Waals surface area contributed by atoms with Gasteiger partial charge in [0.1, 0.15) is 11.6 Å². The molecule has 1 fully saturated rings. The molecule has 1 heterocycles. The van der Waals surface area contributed by atoms with E-state index in [0.717, 1.165) is 0 Å². The van der Waals surface area contributed by atoms with Crippen molar-refractivity contribution < 1.29 is 33.7 Å². The van der Waals surface area contributed by atoms with E-state index in [-0.39, 0.29) is 28.9 Å². The number of aliphatic hydroxyl groups is 1. The second-order valence-corrected chi connectivity index (χ2v) is 12.1. The summed E-state index contributed by atoms with van der Waals surface area (Å²) in [6.07, 6.45) is 0.753. The van der Waals surface area contributed by atoms with Crippen molar-refractivity contribution in [2.24, 2.45) is 0 Å². The van der Waals surface area contributed by atoms with Gasteiger partial charge >= 0.3 is 13.6 Å². The van der Waals surface area contributed by atoms with Gasteiger partial charge in [0.15, 0.2) is 0 Å². The highest BCUT2D eigenvalue weighted by Crippen LogP contribution is 2.44. The zero-order valence-electron chi connectivity index (χ0n) is 22.9. The van der Waals surface area contributed by atoms with Crippen molar-refractivity contribution in [3.63, 3.8) is 0 Å². The Bertz CT molecular complexity index is 1590. The Morgan fingerprint density at radius 1 is 0.905 bits per heavy atom. The number of urea groups is 1. The first-order valence-corrected chi connectivity index (χ1v) is 15.2. The van der Waals surface area contributed by atoms with Crippen LogP contribution < -0.4 is 10.2 Å². The van der Waals surface area contributed by atoms with E-state index in [1.54, 1.807) is 53.2 Å². The van der Waals surface area contributed by atoms with Crippen molar-refractivity contribution in [3.8, 4) is 16.9 Å². The summed E-state index contributed by atoms with van der Waals surface area (Å²) in [5.74, 6) is -0.387. The molecule has 42 heavy (non-hydrogen) atoms. The SMILES string of the molecule is CN1C(=O)N(c2ccccc2)[C@H](c2ccc(-c3ccc(P(=O)(O)O)cc3)cc2O)[C@H]1CCC[C@@H](O)c1ccc(F)cc1. The third-order valence-corrected chi connectivity index (χ3v) is 8.77. The predicted octanol–water partition coefficient (Wildman–Crippen LogP) is 5.89. The molecule has 0 saturated carbocycles. The number of carbonyl (C=O) groups excluding carboxylic acids is 1. The van der Waals surface area contributed by atoms with Gasteiger partial charge in [0.05, 0.1) is 23.5 Å². The second-order valence-electron chi connectivity index (χ2n) is 10.5. The van der Waals surface area contributed by atoms with Crippen molar-refractivity contribution in [2.75, 3.05) is 11.9 Å². The second kappa shape index (κ2) is 12.1. The van der Waals surface area contributed by atoms with Crippen molar-refractivity contribution in [3.05, 3.63) is 114 Å². The minimum absolute atomic E-state index is 0.0167. The number of aliphatic hydroxyl groups excluding tert-OH is 1. The van der Waals surface area contributed by atoms with Crippen molar-refractivity contribution in [1.82, 2.24) is 4.90 Å². The maximum absolute atomic E-state index is 13.6. The fraction of sp³-hybridized carbons (Fsp3) is 0.219. The van der Waals surface area contributed by atoms with Crippen LogP contribution in [0.5, 0.6) is 5.75 Å². The molecule has 1 saturated heterocycles. The van der Waals surface area contributed by atoms with Gasteiger partial charge < -0.3 is 24.9 Å². The van der Waals surface area contributed by atoms with Crippen LogP contribution in [0.3, 0.4) is 0 Å². The molecule has 8 nitrogen and oxygen atoms in total. The predicted molar refractivity (Wildman–Crippen MR) is 159 cm³/mol. The molecule has 218 valence electrons. The maximum Gasteiger partial charge on any atom is 0.356 e. The first-order valence-electron chi connectivity index (χ1n) is 13.6. The third kappa shape index (κ3) is 6.10. The van der Waals surface area contributed by atoms with E-state index < -0.39 is 19.7 Å². The van der Waals surface area contributed by atoms with E-state index in [1.165, 1.54) is 24.3 Å². The van der Waals surface area contributed by atoms with Crippen molar-refractivity contribution in [1.29, 1.82) is 0 Å². The van der Waals surface area contributed by atoms with Crippen LogP contribution in [0.15, 0.2) is 97.1 Å². The van der Waals surface area contributed by atoms with Crippen molar-refractivity contribution >= 4 is 24.6 Å². The molecule has 2 amide bonds. The molecule has 0 aliphatic carbocycles. The molecule has 10 heteroatoms. The van der Waals surface area contributed by atoms with E-state index in [2.05, 4.69) is 0 Å². The van der Waals surface area contributed by atoms with Crippen LogP contribution in [0.2, 0.25) is 0 Å². The van der Waals surface area contributed by atoms with Crippen LogP contribution in [-0.2, 0) is 4.57 Å². The summed E-state index contributed by atoms with van der Waals surface area (Å²) in [4.78, 5) is 35.7. The number of carbonyl (C=O) groups is 1. The molecule has 5 rings (SSSR count). The first-order chi connectivity index (χ1) is 20.0. The number of anilines is 1. The number of para-hydroxylation sites is 1. The highest BCUT2D eigenvalue weighted by Gasteiger charge is 2.46. The Labute approximate surface area is 243 Å². The Morgan fingerprint density at radius 2 is 1.55 bits per heavy atom. The number of phenols is 1. The van der Waals surface area contributed by atoms with Crippen molar-refractivity contribution in [2.45, 2.75) is 37.5 Å². The van der Waals surface area contributed by atoms with Crippen LogP contribution in [0, 0.1) is 5.82 Å². The van der Waals surface area contributed by atoms with E-state index in [0.29, 0.717) is 47.2 Å². The van der Waals surface area contributed by atoms with E-state index in [4.69, 9.17) is 0 Å². The molecule has 0 bridgehead atoms. The molecule has 0 spiro atoms. The molecule has 1 aliphatic rings. The number of likely N-dealkylation sites (N-methyl/N-ethyl adjacent to an activating group) is 1. The Balaban J connectivity index is 1.43. The Morgan fingerprint density at radius 3 is 2.17 bits per heavy atom. The number of amides is 2. The molecular weight excluding hydrogens is 558 g/mol. The lowest BCUT2D eigenvalue weighted by Gasteiger charge is -2.29. The molecule has 0 unspecified atom stereocenters. The number of hydrogen-bond acceptors (Lipinski definition) is 4. The van der Waals surface area contributed by atoms with Crippen LogP contribution in [0.4, 0.5) is 14.9 Å². The lowest BCUT2D eigenvalue weighted by molar-refractivity contribution is 0.158. The fourth-order valence-corrected chi connectivity index (χ4v) is 6.10. The number of halogens is 1. The van der Waals surface area contributed by atoms with Gasteiger partial charge in [0.25, 0.3) is 0 Å². The van der Waals surface area contributed by atoms with Gasteiger partial charge in [-0.3, -0.25) is 9.46 Å². The topological polar surface area (TPSA) is 122 Å². The van der Waals surface area contributed by atoms with Crippen LogP contribution >= 0.6 is 7.60 Å². The quantitative estimate of drug-likeness (QED) is 0.181. The fourth-order valence-electron chi connectivity index (χ4n) is 5.57. The summed E-state index contributed by atoms with van der Waals surface area (Å²) in [6.45, 7) is 0. The van der Waals surface area contributed by atoms with Gasteiger partial charge in [0.2, 0.25) is 0 Å². The van der Waals surface area contributed by atoms with Gasteiger partial charge in [-0.2, -0.15) is 0 Å². The molecule has 4 N–H and O–H groups in total. The highest BCUT2D eigenvalue weighted by molar-refractivity contribution is 7.60. The van der Waals surface area contributed by atoms with E-state index in [1.807, 2.05) is 36.4 Å². The lowest BCUT2D eigenvalue weighted by atomic mass is 9.91. The van der Waals surface area contributed by atoms with Gasteiger partial charge in [0, 0.05) is 18.3 Å². The summed E-state index contributed by atoms with van der Waals surface area (Å²) in [6, 6.07) is 25.0. The number of aromatic hydroxyl groups is 1. The summed E-state index contributed by atoms with van der Waals surface area (Å²) < 4.78 is 24.9. The number of hydrogen-bond donors (Lipinski definition) is 4. The smallest absolute Gasteiger partial charge is 0.356 e. The highest BCUT2D eigenvalue weighted by atomic mass is 31.2. The average Bonchev–Trinajstić information content (AvgIpc) is 3.22. The summed E-state index contributed by atoms with van der Waals surface area (Å²) in [7, 11) is -2.64.